The van der Waals surface area contributed by atoms with Crippen LogP contribution in [-0.2, 0) is 17.7 Å². The molecule has 0 aromatic heterocycles. The van der Waals surface area contributed by atoms with E-state index >= 15 is 0 Å². The lowest BCUT2D eigenvalue weighted by molar-refractivity contribution is 0.0827. The molecule has 2 N–H and O–H groups in total. The number of benzene rings is 2. The Kier molecular flexibility index (Phi) is 8.29. The SMILES string of the molecule is CN=C(NCCc1cccc(C(=O)N(C)C)c1)NCc1ccc(N2CCOCC2)cc1. The topological polar surface area (TPSA) is 69.2 Å². The summed E-state index contributed by atoms with van der Waals surface area (Å²) in [5, 5.41) is 6.70. The third-order valence-corrected chi connectivity index (χ3v) is 5.28. The molecule has 0 unspecified atom stereocenters. The Morgan fingerprint density at radius 3 is 2.48 bits per heavy atom. The van der Waals surface area contributed by atoms with Crippen molar-refractivity contribution in [1.29, 1.82) is 0 Å². The minimum Gasteiger partial charge on any atom is -0.378 e. The number of carbonyl (C=O) groups excluding carboxylic acids is 1. The van der Waals surface area contributed by atoms with Gasteiger partial charge in [-0.15, -0.1) is 0 Å². The van der Waals surface area contributed by atoms with Crippen LogP contribution in [0.25, 0.3) is 0 Å². The number of nitrogens with one attached hydrogen (secondary N) is 2. The summed E-state index contributed by atoms with van der Waals surface area (Å²) in [5.74, 6) is 0.782. The average molecular weight is 424 g/mol. The largest absolute Gasteiger partial charge is 0.378 e. The number of nitrogens with zero attached hydrogens (tertiary/aromatic N) is 3. The van der Waals surface area contributed by atoms with Crippen LogP contribution in [0.2, 0.25) is 0 Å². The Morgan fingerprint density at radius 1 is 1.06 bits per heavy atom. The van der Waals surface area contributed by atoms with E-state index in [0.717, 1.165) is 50.8 Å². The summed E-state index contributed by atoms with van der Waals surface area (Å²) in [4.78, 5) is 20.4. The summed E-state index contributed by atoms with van der Waals surface area (Å²) in [6, 6.07) is 16.4. The highest BCUT2D eigenvalue weighted by Crippen LogP contribution is 2.16. The van der Waals surface area contributed by atoms with Gasteiger partial charge in [-0.05, 0) is 41.8 Å². The lowest BCUT2D eigenvalue weighted by Crippen LogP contribution is -2.38. The van der Waals surface area contributed by atoms with Gasteiger partial charge >= 0.3 is 0 Å². The van der Waals surface area contributed by atoms with Gasteiger partial charge in [-0.3, -0.25) is 9.79 Å². The molecule has 1 fully saturated rings. The molecule has 0 bridgehead atoms. The monoisotopic (exact) mass is 423 g/mol. The van der Waals surface area contributed by atoms with Crippen molar-refractivity contribution < 1.29 is 9.53 Å². The van der Waals surface area contributed by atoms with E-state index in [1.54, 1.807) is 26.0 Å². The van der Waals surface area contributed by atoms with Crippen LogP contribution < -0.4 is 15.5 Å². The van der Waals surface area contributed by atoms with Gasteiger partial charge in [0, 0.05) is 58.6 Å². The minimum atomic E-state index is 0.0203. The fourth-order valence-electron chi connectivity index (χ4n) is 3.50. The molecule has 0 spiro atoms. The van der Waals surface area contributed by atoms with Crippen LogP contribution in [-0.4, -0.2) is 70.8 Å². The van der Waals surface area contributed by atoms with Crippen LogP contribution in [0, 0.1) is 0 Å². The van der Waals surface area contributed by atoms with Crippen molar-refractivity contribution in [3.8, 4) is 0 Å². The summed E-state index contributed by atoms with van der Waals surface area (Å²) in [6.45, 7) is 4.91. The molecule has 3 rings (SSSR count). The number of morpholine rings is 1. The number of carbonyl (C=O) groups is 1. The molecule has 1 aliphatic heterocycles. The minimum absolute atomic E-state index is 0.0203. The van der Waals surface area contributed by atoms with Gasteiger partial charge in [-0.25, -0.2) is 0 Å². The van der Waals surface area contributed by atoms with E-state index in [0.29, 0.717) is 12.1 Å². The number of ether oxygens (including phenoxy) is 1. The maximum atomic E-state index is 12.1. The van der Waals surface area contributed by atoms with Crippen molar-refractivity contribution >= 4 is 17.6 Å². The number of hydrogen-bond donors (Lipinski definition) is 2. The molecule has 2 aromatic rings. The number of hydrogen-bond acceptors (Lipinski definition) is 4. The van der Waals surface area contributed by atoms with Crippen molar-refractivity contribution in [2.45, 2.75) is 13.0 Å². The second-order valence-electron chi connectivity index (χ2n) is 7.77. The Balaban J connectivity index is 1.45. The molecule has 0 radical (unpaired) electrons. The smallest absolute Gasteiger partial charge is 0.253 e. The highest BCUT2D eigenvalue weighted by Gasteiger charge is 2.11. The van der Waals surface area contributed by atoms with Crippen molar-refractivity contribution in [3.05, 3.63) is 65.2 Å². The zero-order valence-corrected chi connectivity index (χ0v) is 18.7. The normalized spacial score (nSPS) is 14.3. The highest BCUT2D eigenvalue weighted by molar-refractivity contribution is 5.94. The first-order valence-electron chi connectivity index (χ1n) is 10.7. The lowest BCUT2D eigenvalue weighted by atomic mass is 10.1. The standard InChI is InChI=1S/C24H33N5O2/c1-25-24(26-12-11-19-5-4-6-21(17-19)23(30)28(2)3)27-18-20-7-9-22(10-8-20)29-13-15-31-16-14-29/h4-10,17H,11-16,18H2,1-3H3,(H2,25,26,27). The molecule has 2 aromatic carbocycles. The van der Waals surface area contributed by atoms with E-state index in [-0.39, 0.29) is 5.91 Å². The molecule has 0 aliphatic carbocycles. The molecule has 7 heteroatoms. The van der Waals surface area contributed by atoms with E-state index in [4.69, 9.17) is 4.74 Å². The van der Waals surface area contributed by atoms with E-state index in [1.807, 2.05) is 24.3 Å². The van der Waals surface area contributed by atoms with Crippen LogP contribution in [0.4, 0.5) is 5.69 Å². The van der Waals surface area contributed by atoms with E-state index in [9.17, 15) is 4.79 Å². The zero-order valence-electron chi connectivity index (χ0n) is 18.7. The van der Waals surface area contributed by atoms with Gasteiger partial charge in [-0.1, -0.05) is 24.3 Å². The molecule has 7 nitrogen and oxygen atoms in total. The molecule has 1 saturated heterocycles. The molecule has 1 aliphatic rings. The van der Waals surface area contributed by atoms with Gasteiger partial charge in [0.25, 0.3) is 5.91 Å². The van der Waals surface area contributed by atoms with Crippen molar-refractivity contribution in [1.82, 2.24) is 15.5 Å². The summed E-state index contributed by atoms with van der Waals surface area (Å²) in [6.07, 6.45) is 0.809. The van der Waals surface area contributed by atoms with Gasteiger partial charge < -0.3 is 25.2 Å². The zero-order chi connectivity index (χ0) is 22.1. The van der Waals surface area contributed by atoms with E-state index in [2.05, 4.69) is 44.8 Å². The summed E-state index contributed by atoms with van der Waals surface area (Å²) >= 11 is 0. The van der Waals surface area contributed by atoms with Crippen molar-refractivity contribution in [2.24, 2.45) is 4.99 Å². The molecular formula is C24H33N5O2. The fraction of sp³-hybridized carbons (Fsp3) is 0.417. The van der Waals surface area contributed by atoms with Gasteiger partial charge in [-0.2, -0.15) is 0 Å². The van der Waals surface area contributed by atoms with E-state index in [1.165, 1.54) is 11.3 Å². The number of guanidine groups is 1. The average Bonchev–Trinajstić information content (AvgIpc) is 2.81. The third-order valence-electron chi connectivity index (χ3n) is 5.28. The van der Waals surface area contributed by atoms with Crippen molar-refractivity contribution in [3.63, 3.8) is 0 Å². The van der Waals surface area contributed by atoms with Gasteiger partial charge in [0.2, 0.25) is 0 Å². The Morgan fingerprint density at radius 2 is 1.81 bits per heavy atom. The predicted molar refractivity (Wildman–Crippen MR) is 126 cm³/mol. The summed E-state index contributed by atoms with van der Waals surface area (Å²) in [7, 11) is 5.30. The molecule has 0 saturated carbocycles. The van der Waals surface area contributed by atoms with Crippen LogP contribution in [0.1, 0.15) is 21.5 Å². The maximum absolute atomic E-state index is 12.1. The van der Waals surface area contributed by atoms with Gasteiger partial charge in [0.05, 0.1) is 13.2 Å². The lowest BCUT2D eigenvalue weighted by Gasteiger charge is -2.28. The Bertz CT molecular complexity index is 874. The molecule has 0 atom stereocenters. The first kappa shape index (κ1) is 22.6. The molecule has 31 heavy (non-hydrogen) atoms. The fourth-order valence-corrected chi connectivity index (χ4v) is 3.50. The molecule has 166 valence electrons. The number of aliphatic imine (C=N–C) groups is 1. The maximum Gasteiger partial charge on any atom is 0.253 e. The first-order valence-corrected chi connectivity index (χ1v) is 10.7. The van der Waals surface area contributed by atoms with Crippen molar-refractivity contribution in [2.75, 3.05) is 58.9 Å². The van der Waals surface area contributed by atoms with Gasteiger partial charge in [0.15, 0.2) is 5.96 Å². The van der Waals surface area contributed by atoms with E-state index < -0.39 is 0 Å². The molecule has 1 heterocycles. The highest BCUT2D eigenvalue weighted by atomic mass is 16.5. The quantitative estimate of drug-likeness (QED) is 0.528. The Labute approximate surface area is 185 Å². The summed E-state index contributed by atoms with van der Waals surface area (Å²) < 4.78 is 5.42. The third kappa shape index (κ3) is 6.72. The number of amides is 1. The predicted octanol–water partition coefficient (Wildman–Crippen LogP) is 2.13. The van der Waals surface area contributed by atoms with Gasteiger partial charge in [0.1, 0.15) is 0 Å². The van der Waals surface area contributed by atoms with Crippen LogP contribution in [0.15, 0.2) is 53.5 Å². The number of anilines is 1. The second-order valence-corrected chi connectivity index (χ2v) is 7.77. The number of rotatable bonds is 7. The second kappa shape index (κ2) is 11.4. The summed E-state index contributed by atoms with van der Waals surface area (Å²) in [5.41, 5.74) is 4.28. The van der Waals surface area contributed by atoms with Crippen LogP contribution in [0.3, 0.4) is 0 Å². The van der Waals surface area contributed by atoms with Crippen LogP contribution in [0.5, 0.6) is 0 Å². The molecule has 1 amide bonds. The van der Waals surface area contributed by atoms with Crippen LogP contribution >= 0.6 is 0 Å². The molecular weight excluding hydrogens is 390 g/mol. The first-order chi connectivity index (χ1) is 15.1. The Hall–Kier alpha value is -3.06.